The van der Waals surface area contributed by atoms with Gasteiger partial charge in [0.1, 0.15) is 18.3 Å². The van der Waals surface area contributed by atoms with E-state index in [2.05, 4.69) is 0 Å². The quantitative estimate of drug-likeness (QED) is 0.144. The second-order valence-corrected chi connectivity index (χ2v) is 16.4. The number of allylic oxidation sites excluding steroid dienone is 6. The second-order valence-electron chi connectivity index (χ2n) is 16.4. The molecule has 2 saturated heterocycles. The maximum Gasteiger partial charge on any atom is 0.373 e. The third-order valence-electron chi connectivity index (χ3n) is 11.8. The summed E-state index contributed by atoms with van der Waals surface area (Å²) < 4.78 is 36.0. The van der Waals surface area contributed by atoms with E-state index in [4.69, 9.17) is 28.4 Å². The van der Waals surface area contributed by atoms with Gasteiger partial charge in [-0.15, -0.1) is 0 Å². The molecule has 2 fully saturated rings. The summed E-state index contributed by atoms with van der Waals surface area (Å²) in [6.07, 6.45) is 3.41. The van der Waals surface area contributed by atoms with Gasteiger partial charge < -0.3 is 59.1 Å². The zero-order valence-corrected chi connectivity index (χ0v) is 35.1. The lowest BCUT2D eigenvalue weighted by atomic mass is 9.77. The van der Waals surface area contributed by atoms with Gasteiger partial charge in [0, 0.05) is 50.0 Å². The third-order valence-corrected chi connectivity index (χ3v) is 11.8. The number of carbonyl (C=O) groups excluding carboxylic acids is 1. The monoisotopic (exact) mass is 794 g/mol. The highest BCUT2D eigenvalue weighted by Crippen LogP contribution is 2.42. The van der Waals surface area contributed by atoms with E-state index in [1.807, 2.05) is 52.8 Å². The Morgan fingerprint density at radius 1 is 1.00 bits per heavy atom. The van der Waals surface area contributed by atoms with E-state index < -0.39 is 90.9 Å². The van der Waals surface area contributed by atoms with Crippen molar-refractivity contribution in [2.24, 2.45) is 29.6 Å². The third kappa shape index (κ3) is 12.5. The van der Waals surface area contributed by atoms with Crippen molar-refractivity contribution < 1.29 is 63.9 Å². The highest BCUT2D eigenvalue weighted by atomic mass is 16.7. The molecule has 0 spiro atoms. The summed E-state index contributed by atoms with van der Waals surface area (Å²) in [5.74, 6) is -5.37. The molecule has 3 rings (SSSR count). The van der Waals surface area contributed by atoms with Gasteiger partial charge in [0.15, 0.2) is 12.1 Å². The smallest absolute Gasteiger partial charge is 0.373 e. The van der Waals surface area contributed by atoms with Crippen molar-refractivity contribution in [3.05, 3.63) is 59.4 Å². The zero-order chi connectivity index (χ0) is 42.1. The number of methoxy groups -OCH3 is 2. The molecule has 3 heterocycles. The second kappa shape index (κ2) is 21.5. The molecule has 0 saturated carbocycles. The summed E-state index contributed by atoms with van der Waals surface area (Å²) in [5, 5.41) is 66.7. The molecule has 0 radical (unpaired) electrons. The molecule has 13 nitrogen and oxygen atoms in total. The normalized spacial score (nSPS) is 43.7. The summed E-state index contributed by atoms with van der Waals surface area (Å²) in [4.78, 5) is 13.8. The summed E-state index contributed by atoms with van der Waals surface area (Å²) in [6.45, 7) is 16.3. The molecule has 13 heteroatoms. The number of carbonyl (C=O) groups is 1. The summed E-state index contributed by atoms with van der Waals surface area (Å²) in [6, 6.07) is 0. The number of rotatable bonds is 9. The van der Waals surface area contributed by atoms with Gasteiger partial charge in [0.2, 0.25) is 5.76 Å². The van der Waals surface area contributed by atoms with Gasteiger partial charge in [-0.2, -0.15) is 0 Å². The topological polar surface area (TPSA) is 194 Å². The Kier molecular flexibility index (Phi) is 18.4. The van der Waals surface area contributed by atoms with Crippen LogP contribution in [0.3, 0.4) is 0 Å². The van der Waals surface area contributed by atoms with Gasteiger partial charge in [0.05, 0.1) is 49.8 Å². The average molecular weight is 795 g/mol. The number of hydrogen-bond donors (Lipinski definition) is 6. The Bertz CT molecular complexity index is 1400. The molecule has 0 aromatic carbocycles. The lowest BCUT2D eigenvalue weighted by Crippen LogP contribution is -2.59. The van der Waals surface area contributed by atoms with Crippen molar-refractivity contribution in [2.75, 3.05) is 14.2 Å². The summed E-state index contributed by atoms with van der Waals surface area (Å²) >= 11 is 0. The fourth-order valence-corrected chi connectivity index (χ4v) is 7.87. The van der Waals surface area contributed by atoms with Gasteiger partial charge in [-0.25, -0.2) is 4.79 Å². The minimum absolute atomic E-state index is 0.0420. The Labute approximate surface area is 333 Å². The minimum atomic E-state index is -1.92. The molecular weight excluding hydrogens is 724 g/mol. The molecule has 0 aliphatic carbocycles. The molecular formula is C43H70O13. The molecule has 3 aliphatic heterocycles. The largest absolute Gasteiger partial charge is 0.490 e. The number of esters is 1. The summed E-state index contributed by atoms with van der Waals surface area (Å²) in [7, 11) is 2.82. The van der Waals surface area contributed by atoms with Crippen LogP contribution in [0.5, 0.6) is 0 Å². The van der Waals surface area contributed by atoms with Crippen LogP contribution in [0.15, 0.2) is 59.4 Å². The lowest BCUT2D eigenvalue weighted by Gasteiger charge is -2.49. The molecule has 0 aromatic heterocycles. The average Bonchev–Trinajstić information content (AvgIpc) is 3.14. The van der Waals surface area contributed by atoms with E-state index >= 15 is 0 Å². The van der Waals surface area contributed by atoms with Crippen LogP contribution in [-0.2, 0) is 33.2 Å². The highest BCUT2D eigenvalue weighted by Gasteiger charge is 2.52. The van der Waals surface area contributed by atoms with Gasteiger partial charge in [-0.05, 0) is 46.1 Å². The van der Waals surface area contributed by atoms with E-state index in [9.17, 15) is 35.4 Å². The Morgan fingerprint density at radius 3 is 2.29 bits per heavy atom. The molecule has 0 amide bonds. The first-order chi connectivity index (χ1) is 26.3. The molecule has 0 unspecified atom stereocenters. The number of cyclic esters (lactones) is 1. The first-order valence-corrected chi connectivity index (χ1v) is 20.0. The van der Waals surface area contributed by atoms with Crippen LogP contribution < -0.4 is 0 Å². The number of hydrogen-bond acceptors (Lipinski definition) is 13. The molecule has 17 atom stereocenters. The van der Waals surface area contributed by atoms with Crippen molar-refractivity contribution in [1.29, 1.82) is 0 Å². The van der Waals surface area contributed by atoms with E-state index in [1.165, 1.54) is 20.3 Å². The van der Waals surface area contributed by atoms with Crippen LogP contribution >= 0.6 is 0 Å². The highest BCUT2D eigenvalue weighted by molar-refractivity contribution is 5.87. The van der Waals surface area contributed by atoms with Crippen LogP contribution in [-0.4, -0.2) is 124 Å². The molecule has 0 bridgehead atoms. The molecule has 320 valence electrons. The van der Waals surface area contributed by atoms with Crippen molar-refractivity contribution in [3.8, 4) is 0 Å². The van der Waals surface area contributed by atoms with Crippen LogP contribution in [0.2, 0.25) is 0 Å². The van der Waals surface area contributed by atoms with Crippen LogP contribution in [0.1, 0.15) is 88.0 Å². The lowest BCUT2D eigenvalue weighted by molar-refractivity contribution is -0.339. The number of aliphatic hydroxyl groups is 6. The van der Waals surface area contributed by atoms with Crippen molar-refractivity contribution in [1.82, 2.24) is 0 Å². The number of ether oxygens (including phenoxy) is 6. The molecule has 56 heavy (non-hydrogen) atoms. The van der Waals surface area contributed by atoms with Crippen LogP contribution in [0, 0.1) is 29.6 Å². The zero-order valence-electron chi connectivity index (χ0n) is 35.1. The van der Waals surface area contributed by atoms with Crippen molar-refractivity contribution >= 4 is 5.97 Å². The van der Waals surface area contributed by atoms with Crippen LogP contribution in [0.25, 0.3) is 0 Å². The fraction of sp³-hybridized carbons (Fsp3) is 0.744. The Morgan fingerprint density at radius 2 is 1.68 bits per heavy atom. The van der Waals surface area contributed by atoms with Gasteiger partial charge in [0.25, 0.3) is 0 Å². The van der Waals surface area contributed by atoms with Crippen molar-refractivity contribution in [2.45, 2.75) is 161 Å². The molecule has 6 N–H and O–H groups in total. The SMILES string of the molecule is C/C=C/[C@H]1O[C@@](O)([C@@H](C)[C@H](O)[C@H](C)[C@H]2OC(=O)/C(OC)=C/C(C)=C/[C@@H](C)[C@@H](O)C[C@@H](O)[C@H](C)C/C(C)=C/C=C/[C@@H]2OC)C[C@@H](O[C@@H]2C[C@H](O)[C@@H](O)[C@H](C)O2)[C@@H]1C. The van der Waals surface area contributed by atoms with E-state index in [0.29, 0.717) is 12.0 Å². The van der Waals surface area contributed by atoms with E-state index in [0.717, 1.165) is 5.57 Å². The first kappa shape index (κ1) is 47.9. The van der Waals surface area contributed by atoms with Gasteiger partial charge in [-0.3, -0.25) is 0 Å². The van der Waals surface area contributed by atoms with Gasteiger partial charge >= 0.3 is 5.97 Å². The van der Waals surface area contributed by atoms with Crippen LogP contribution in [0.4, 0.5) is 0 Å². The van der Waals surface area contributed by atoms with E-state index in [-0.39, 0.29) is 42.8 Å². The Hall–Kier alpha value is -2.43. The van der Waals surface area contributed by atoms with E-state index in [1.54, 1.807) is 45.9 Å². The summed E-state index contributed by atoms with van der Waals surface area (Å²) in [5.41, 5.74) is 1.60. The predicted molar refractivity (Wildman–Crippen MR) is 211 cm³/mol. The fourth-order valence-electron chi connectivity index (χ4n) is 7.87. The Balaban J connectivity index is 2.00. The van der Waals surface area contributed by atoms with Gasteiger partial charge in [-0.1, -0.05) is 82.2 Å². The maximum atomic E-state index is 13.8. The first-order valence-electron chi connectivity index (χ1n) is 20.0. The molecule has 3 aliphatic rings. The molecule has 0 aromatic rings. The number of aliphatic hydroxyl groups excluding tert-OH is 5. The van der Waals surface area contributed by atoms with Crippen molar-refractivity contribution in [3.63, 3.8) is 0 Å². The minimum Gasteiger partial charge on any atom is -0.490 e. The standard InChI is InChI=1S/C43H70O13/c1-12-14-34-27(6)37(54-38-21-33(46)40(48)30(9)53-38)22-43(50,56-34)29(8)39(47)28(7)41-35(51-10)16-13-15-23(2)17-25(4)31(44)20-32(45)26(5)18-24(3)19-36(52-11)42(49)55-41/h12-16,18-19,25-35,37-41,44-48,50H,17,20-22H2,1-11H3/b14-12+,16-13+,23-15+,24-18+,36-19-/t25-,26-,27-,28+,29+,30+,31-,32+,33+,34-,35+,37-,38-,39-,40+,41-,43-/m1/s1. The predicted octanol–water partition coefficient (Wildman–Crippen LogP) is 4.24. The maximum absolute atomic E-state index is 13.8.